The molecule has 2 atom stereocenters. The van der Waals surface area contributed by atoms with Crippen molar-refractivity contribution in [3.63, 3.8) is 0 Å². The van der Waals surface area contributed by atoms with Crippen molar-refractivity contribution in [1.82, 2.24) is 20.8 Å². The van der Waals surface area contributed by atoms with Crippen molar-refractivity contribution >= 4 is 29.9 Å². The minimum atomic E-state index is 0. The Hall–Kier alpha value is -0.900. The molecule has 1 aliphatic rings. The highest BCUT2D eigenvalue weighted by atomic mass is 127. The summed E-state index contributed by atoms with van der Waals surface area (Å²) >= 11 is 0. The van der Waals surface area contributed by atoms with Crippen LogP contribution in [0.4, 0.5) is 0 Å². The van der Waals surface area contributed by atoms with Crippen LogP contribution in [0.1, 0.15) is 78.4 Å². The molecule has 1 aromatic heterocycles. The molecule has 0 spiro atoms. The van der Waals surface area contributed by atoms with Gasteiger partial charge in [0.15, 0.2) is 11.8 Å². The van der Waals surface area contributed by atoms with Gasteiger partial charge in [-0.15, -0.1) is 24.0 Å². The number of aliphatic imine (C=N–C) groups is 1. The molecule has 1 saturated heterocycles. The van der Waals surface area contributed by atoms with Gasteiger partial charge in [0.05, 0.1) is 6.10 Å². The number of guanidine groups is 1. The molecule has 0 aromatic carbocycles. The third kappa shape index (κ3) is 8.78. The Kier molecular flexibility index (Phi) is 11.5. The molecule has 2 rings (SSSR count). The van der Waals surface area contributed by atoms with E-state index in [4.69, 9.17) is 14.3 Å². The quantitative estimate of drug-likeness (QED) is 0.232. The van der Waals surface area contributed by atoms with Gasteiger partial charge in [-0.3, -0.25) is 4.99 Å². The van der Waals surface area contributed by atoms with E-state index >= 15 is 0 Å². The van der Waals surface area contributed by atoms with Gasteiger partial charge < -0.3 is 19.9 Å². The Morgan fingerprint density at radius 1 is 1.28 bits per heavy atom. The second kappa shape index (κ2) is 12.7. The lowest BCUT2D eigenvalue weighted by Crippen LogP contribution is -2.43. The van der Waals surface area contributed by atoms with E-state index in [2.05, 4.69) is 62.3 Å². The van der Waals surface area contributed by atoms with Gasteiger partial charge in [0.25, 0.3) is 0 Å². The lowest BCUT2D eigenvalue weighted by molar-refractivity contribution is -0.0823. The highest BCUT2D eigenvalue weighted by molar-refractivity contribution is 14.0. The summed E-state index contributed by atoms with van der Waals surface area (Å²) in [5.74, 6) is 3.12. The number of ether oxygens (including phenoxy) is 1. The largest absolute Gasteiger partial charge is 0.377 e. The minimum Gasteiger partial charge on any atom is -0.377 e. The maximum atomic E-state index is 6.08. The molecule has 0 bridgehead atoms. The lowest BCUT2D eigenvalue weighted by Gasteiger charge is -2.39. The van der Waals surface area contributed by atoms with Crippen LogP contribution in [-0.2, 0) is 11.2 Å². The van der Waals surface area contributed by atoms with Gasteiger partial charge in [0.2, 0.25) is 5.89 Å². The monoisotopic (exact) mass is 521 g/mol. The molecule has 1 aromatic rings. The number of aromatic nitrogens is 2. The van der Waals surface area contributed by atoms with Gasteiger partial charge in [0, 0.05) is 44.5 Å². The van der Waals surface area contributed by atoms with Crippen LogP contribution in [0.15, 0.2) is 9.52 Å². The first-order valence-corrected chi connectivity index (χ1v) is 10.8. The number of nitrogens with zero attached hydrogens (tertiary/aromatic N) is 3. The Labute approximate surface area is 193 Å². The Morgan fingerprint density at radius 3 is 2.66 bits per heavy atom. The third-order valence-electron chi connectivity index (χ3n) is 4.99. The van der Waals surface area contributed by atoms with Gasteiger partial charge >= 0.3 is 0 Å². The topological polar surface area (TPSA) is 84.6 Å². The van der Waals surface area contributed by atoms with Crippen molar-refractivity contribution in [3.8, 4) is 0 Å². The lowest BCUT2D eigenvalue weighted by atomic mass is 9.78. The predicted molar refractivity (Wildman–Crippen MR) is 128 cm³/mol. The molecule has 0 radical (unpaired) electrons. The zero-order chi connectivity index (χ0) is 20.6. The molecule has 1 fully saturated rings. The van der Waals surface area contributed by atoms with Gasteiger partial charge in [0.1, 0.15) is 0 Å². The molecular formula is C21H40IN5O2. The zero-order valence-electron chi connectivity index (χ0n) is 19.0. The minimum absolute atomic E-state index is 0. The van der Waals surface area contributed by atoms with Gasteiger partial charge in [-0.25, -0.2) is 0 Å². The van der Waals surface area contributed by atoms with E-state index < -0.39 is 0 Å². The van der Waals surface area contributed by atoms with Crippen LogP contribution >= 0.6 is 24.0 Å². The number of aryl methyl sites for hydroxylation is 1. The summed E-state index contributed by atoms with van der Waals surface area (Å²) in [6.45, 7) is 16.3. The Morgan fingerprint density at radius 2 is 2.03 bits per heavy atom. The summed E-state index contributed by atoms with van der Waals surface area (Å²) in [5.41, 5.74) is 0.144. The first-order chi connectivity index (χ1) is 13.3. The van der Waals surface area contributed by atoms with Crippen LogP contribution in [0.3, 0.4) is 0 Å². The van der Waals surface area contributed by atoms with Crippen molar-refractivity contribution in [2.75, 3.05) is 26.2 Å². The number of hydrogen-bond donors (Lipinski definition) is 2. The van der Waals surface area contributed by atoms with Crippen LogP contribution in [-0.4, -0.2) is 48.4 Å². The summed E-state index contributed by atoms with van der Waals surface area (Å²) in [7, 11) is 0. The molecular weight excluding hydrogens is 481 g/mol. The van der Waals surface area contributed by atoms with Crippen molar-refractivity contribution < 1.29 is 9.26 Å². The number of nitrogens with one attached hydrogen (secondary N) is 2. The van der Waals surface area contributed by atoms with Crippen LogP contribution in [0.2, 0.25) is 0 Å². The van der Waals surface area contributed by atoms with Gasteiger partial charge in [-0.2, -0.15) is 4.98 Å². The van der Waals surface area contributed by atoms with E-state index in [0.29, 0.717) is 17.7 Å². The standard InChI is InChI=1S/C21H39N5O2.HI/c1-7-22-20(23-12-8-11-17-25-19(15(2)3)26-28-17)24-14-16-10-9-13-27-18(16)21(4,5)6;/h15-16,18H,7-14H2,1-6H3,(H2,22,23,24);1H. The SMILES string of the molecule is CCNC(=NCC1CCCOC1C(C)(C)C)NCCCc1nc(C(C)C)no1.I. The van der Waals surface area contributed by atoms with E-state index in [0.717, 1.165) is 57.3 Å². The smallest absolute Gasteiger partial charge is 0.226 e. The Balaban J connectivity index is 0.00000420. The van der Waals surface area contributed by atoms with Gasteiger partial charge in [-0.05, 0) is 31.6 Å². The predicted octanol–water partition coefficient (Wildman–Crippen LogP) is 4.14. The summed E-state index contributed by atoms with van der Waals surface area (Å²) in [5, 5.41) is 10.8. The number of hydrogen-bond acceptors (Lipinski definition) is 5. The fourth-order valence-electron chi connectivity index (χ4n) is 3.59. The maximum absolute atomic E-state index is 6.08. The van der Waals surface area contributed by atoms with E-state index in [1.165, 1.54) is 6.42 Å². The highest BCUT2D eigenvalue weighted by Gasteiger charge is 2.35. The van der Waals surface area contributed by atoms with Gasteiger partial charge in [-0.1, -0.05) is 39.8 Å². The van der Waals surface area contributed by atoms with E-state index in [1.807, 2.05) is 0 Å². The van der Waals surface area contributed by atoms with Crippen LogP contribution in [0, 0.1) is 11.3 Å². The molecule has 0 amide bonds. The first-order valence-electron chi connectivity index (χ1n) is 10.8. The van der Waals surface area contributed by atoms with Crippen LogP contribution < -0.4 is 10.6 Å². The van der Waals surface area contributed by atoms with Crippen molar-refractivity contribution in [3.05, 3.63) is 11.7 Å². The molecule has 0 aliphatic carbocycles. The second-order valence-electron chi connectivity index (χ2n) is 9.01. The number of rotatable bonds is 8. The second-order valence-corrected chi connectivity index (χ2v) is 9.01. The molecule has 7 nitrogen and oxygen atoms in total. The van der Waals surface area contributed by atoms with Crippen LogP contribution in [0.25, 0.3) is 0 Å². The average molecular weight is 521 g/mol. The molecule has 2 heterocycles. The maximum Gasteiger partial charge on any atom is 0.226 e. The first kappa shape index (κ1) is 26.1. The molecule has 168 valence electrons. The van der Waals surface area contributed by atoms with E-state index in [1.54, 1.807) is 0 Å². The summed E-state index contributed by atoms with van der Waals surface area (Å²) in [6.07, 6.45) is 4.26. The van der Waals surface area contributed by atoms with E-state index in [9.17, 15) is 0 Å². The molecule has 0 saturated carbocycles. The third-order valence-corrected chi connectivity index (χ3v) is 4.99. The number of halogens is 1. The molecule has 2 unspecified atom stereocenters. The van der Waals surface area contributed by atoms with E-state index in [-0.39, 0.29) is 35.5 Å². The Bertz CT molecular complexity index is 612. The van der Waals surface area contributed by atoms with Crippen molar-refractivity contribution in [1.29, 1.82) is 0 Å². The van der Waals surface area contributed by atoms with Crippen LogP contribution in [0.5, 0.6) is 0 Å². The fourth-order valence-corrected chi connectivity index (χ4v) is 3.59. The van der Waals surface area contributed by atoms with Crippen molar-refractivity contribution in [2.24, 2.45) is 16.3 Å². The summed E-state index contributed by atoms with van der Waals surface area (Å²) in [6, 6.07) is 0. The zero-order valence-corrected chi connectivity index (χ0v) is 21.3. The summed E-state index contributed by atoms with van der Waals surface area (Å²) < 4.78 is 11.4. The molecule has 29 heavy (non-hydrogen) atoms. The van der Waals surface area contributed by atoms with Crippen molar-refractivity contribution in [2.45, 2.75) is 79.2 Å². The molecule has 2 N–H and O–H groups in total. The fraction of sp³-hybridized carbons (Fsp3) is 0.857. The normalized spacial score (nSPS) is 20.4. The average Bonchev–Trinajstić information content (AvgIpc) is 3.12. The molecule has 1 aliphatic heterocycles. The highest BCUT2D eigenvalue weighted by Crippen LogP contribution is 2.34. The molecule has 8 heteroatoms. The summed E-state index contributed by atoms with van der Waals surface area (Å²) in [4.78, 5) is 9.26.